The van der Waals surface area contributed by atoms with Gasteiger partial charge in [0, 0.05) is 0 Å². The van der Waals surface area contributed by atoms with Crippen LogP contribution in [0.5, 0.6) is 0 Å². The summed E-state index contributed by atoms with van der Waals surface area (Å²) in [5.41, 5.74) is 1.90. The lowest BCUT2D eigenvalue weighted by Crippen LogP contribution is -2.31. The zero-order valence-electron chi connectivity index (χ0n) is 12.8. The first-order valence-corrected chi connectivity index (χ1v) is 8.40. The van der Waals surface area contributed by atoms with Crippen molar-refractivity contribution in [1.29, 1.82) is 0 Å². The Hall–Kier alpha value is -2.04. The van der Waals surface area contributed by atoms with Crippen molar-refractivity contribution in [3.05, 3.63) is 69.7 Å². The molecule has 1 atom stereocenters. The number of nitrogens with one attached hydrogen (secondary N) is 1. The summed E-state index contributed by atoms with van der Waals surface area (Å²) in [6, 6.07) is 14.1. The second-order valence-electron chi connectivity index (χ2n) is 5.70. The number of urea groups is 1. The number of hydrogen-bond acceptors (Lipinski definition) is 2. The maximum Gasteiger partial charge on any atom is 0.325 e. The van der Waals surface area contributed by atoms with E-state index in [1.165, 1.54) is 4.90 Å². The highest BCUT2D eigenvalue weighted by molar-refractivity contribution is 6.42. The van der Waals surface area contributed by atoms with Crippen LogP contribution in [0.2, 0.25) is 10.0 Å². The van der Waals surface area contributed by atoms with E-state index in [9.17, 15) is 9.59 Å². The van der Waals surface area contributed by atoms with Crippen molar-refractivity contribution in [2.75, 3.05) is 0 Å². The van der Waals surface area contributed by atoms with Crippen molar-refractivity contribution < 1.29 is 9.59 Å². The van der Waals surface area contributed by atoms with Crippen LogP contribution in [-0.4, -0.2) is 22.9 Å². The van der Waals surface area contributed by atoms with Crippen LogP contribution >= 0.6 is 23.2 Å². The van der Waals surface area contributed by atoms with E-state index in [4.69, 9.17) is 23.2 Å². The average Bonchev–Trinajstić information content (AvgIpc) is 2.85. The Morgan fingerprint density at radius 2 is 1.71 bits per heavy atom. The first-order chi connectivity index (χ1) is 11.5. The lowest BCUT2D eigenvalue weighted by Gasteiger charge is -2.13. The molecule has 3 rings (SSSR count). The Kier molecular flexibility index (Phi) is 5.07. The van der Waals surface area contributed by atoms with Crippen molar-refractivity contribution in [3.63, 3.8) is 0 Å². The van der Waals surface area contributed by atoms with E-state index in [-0.39, 0.29) is 18.5 Å². The lowest BCUT2D eigenvalue weighted by molar-refractivity contribution is -0.128. The molecular formula is C18H16Cl2N2O2. The molecule has 124 valence electrons. The van der Waals surface area contributed by atoms with Crippen LogP contribution in [0.3, 0.4) is 0 Å². The fourth-order valence-corrected chi connectivity index (χ4v) is 3.02. The summed E-state index contributed by atoms with van der Waals surface area (Å²) in [5.74, 6) is -0.206. The second kappa shape index (κ2) is 7.24. The van der Waals surface area contributed by atoms with Crippen LogP contribution in [0.1, 0.15) is 17.5 Å². The number of hydrogen-bond donors (Lipinski definition) is 1. The van der Waals surface area contributed by atoms with Gasteiger partial charge in [0.15, 0.2) is 0 Å². The molecule has 1 heterocycles. The van der Waals surface area contributed by atoms with Gasteiger partial charge in [-0.3, -0.25) is 9.69 Å². The highest BCUT2D eigenvalue weighted by atomic mass is 35.5. The minimum absolute atomic E-state index is 0.184. The molecule has 0 spiro atoms. The van der Waals surface area contributed by atoms with E-state index < -0.39 is 6.04 Å². The molecule has 24 heavy (non-hydrogen) atoms. The molecule has 6 heteroatoms. The summed E-state index contributed by atoms with van der Waals surface area (Å²) in [6.07, 6.45) is 1.31. The third-order valence-electron chi connectivity index (χ3n) is 4.00. The molecule has 1 unspecified atom stereocenters. The van der Waals surface area contributed by atoms with Gasteiger partial charge in [0.05, 0.1) is 16.6 Å². The molecule has 1 aliphatic rings. The van der Waals surface area contributed by atoms with Gasteiger partial charge in [-0.15, -0.1) is 0 Å². The number of rotatable bonds is 5. The van der Waals surface area contributed by atoms with Gasteiger partial charge in [-0.25, -0.2) is 4.79 Å². The molecule has 1 N–H and O–H groups in total. The smallest absolute Gasteiger partial charge is 0.325 e. The zero-order valence-corrected chi connectivity index (χ0v) is 14.3. The highest BCUT2D eigenvalue weighted by Crippen LogP contribution is 2.24. The molecule has 1 fully saturated rings. The van der Waals surface area contributed by atoms with Gasteiger partial charge in [0.2, 0.25) is 0 Å². The lowest BCUT2D eigenvalue weighted by atomic mass is 10.1. The predicted octanol–water partition coefficient (Wildman–Crippen LogP) is 4.05. The Morgan fingerprint density at radius 3 is 2.42 bits per heavy atom. The molecule has 1 aliphatic heterocycles. The van der Waals surface area contributed by atoms with Gasteiger partial charge in [0.1, 0.15) is 6.04 Å². The normalized spacial score (nSPS) is 17.2. The molecule has 2 aromatic carbocycles. The molecule has 0 aromatic heterocycles. The maximum absolute atomic E-state index is 12.5. The summed E-state index contributed by atoms with van der Waals surface area (Å²) in [6.45, 7) is 0.184. The van der Waals surface area contributed by atoms with Crippen LogP contribution in [0.25, 0.3) is 0 Å². The number of nitrogens with zero attached hydrogens (tertiary/aromatic N) is 1. The van der Waals surface area contributed by atoms with Crippen molar-refractivity contribution in [2.45, 2.75) is 25.4 Å². The second-order valence-corrected chi connectivity index (χ2v) is 6.51. The van der Waals surface area contributed by atoms with Crippen LogP contribution < -0.4 is 5.32 Å². The number of carbonyl (C=O) groups is 2. The van der Waals surface area contributed by atoms with Crippen LogP contribution in [0, 0.1) is 0 Å². The predicted molar refractivity (Wildman–Crippen MR) is 94.1 cm³/mol. The van der Waals surface area contributed by atoms with E-state index in [1.54, 1.807) is 18.2 Å². The van der Waals surface area contributed by atoms with Gasteiger partial charge >= 0.3 is 6.03 Å². The Morgan fingerprint density at radius 1 is 0.958 bits per heavy atom. The number of imide groups is 1. The molecule has 2 aromatic rings. The van der Waals surface area contributed by atoms with E-state index in [1.807, 2.05) is 30.3 Å². The number of benzene rings is 2. The maximum atomic E-state index is 12.5. The zero-order chi connectivity index (χ0) is 17.1. The van der Waals surface area contributed by atoms with Crippen molar-refractivity contribution in [1.82, 2.24) is 10.2 Å². The molecule has 0 saturated carbocycles. The van der Waals surface area contributed by atoms with Gasteiger partial charge < -0.3 is 5.32 Å². The minimum atomic E-state index is -0.486. The van der Waals surface area contributed by atoms with E-state index >= 15 is 0 Å². The van der Waals surface area contributed by atoms with E-state index in [2.05, 4.69) is 5.32 Å². The SMILES string of the molecule is O=C1NC(CCc2ccccc2)C(=O)N1Cc1ccc(Cl)c(Cl)c1. The van der Waals surface area contributed by atoms with E-state index in [0.29, 0.717) is 16.5 Å². The third-order valence-corrected chi connectivity index (χ3v) is 4.74. The molecule has 3 amide bonds. The molecule has 1 saturated heterocycles. The molecule has 0 aliphatic carbocycles. The molecule has 0 radical (unpaired) electrons. The highest BCUT2D eigenvalue weighted by Gasteiger charge is 2.37. The largest absolute Gasteiger partial charge is 0.326 e. The van der Waals surface area contributed by atoms with Crippen LogP contribution in [0.15, 0.2) is 48.5 Å². The molecule has 4 nitrogen and oxygen atoms in total. The van der Waals surface area contributed by atoms with Crippen LogP contribution in [0.4, 0.5) is 4.79 Å². The van der Waals surface area contributed by atoms with Crippen molar-refractivity contribution in [2.24, 2.45) is 0 Å². The first-order valence-electron chi connectivity index (χ1n) is 7.64. The van der Waals surface area contributed by atoms with E-state index in [0.717, 1.165) is 17.5 Å². The summed E-state index contributed by atoms with van der Waals surface area (Å²) in [4.78, 5) is 25.8. The monoisotopic (exact) mass is 362 g/mol. The number of carbonyl (C=O) groups excluding carboxylic acids is 2. The molecule has 0 bridgehead atoms. The third kappa shape index (κ3) is 3.71. The minimum Gasteiger partial charge on any atom is -0.326 e. The summed E-state index contributed by atoms with van der Waals surface area (Å²) in [5, 5.41) is 3.60. The number of halogens is 2. The van der Waals surface area contributed by atoms with Gasteiger partial charge in [-0.05, 0) is 36.1 Å². The van der Waals surface area contributed by atoms with Crippen LogP contribution in [-0.2, 0) is 17.8 Å². The quantitative estimate of drug-likeness (QED) is 0.815. The molecular weight excluding hydrogens is 347 g/mol. The van der Waals surface area contributed by atoms with Gasteiger partial charge in [-0.1, -0.05) is 59.6 Å². The fourth-order valence-electron chi connectivity index (χ4n) is 2.70. The number of amides is 3. The number of aryl methyl sites for hydroxylation is 1. The fraction of sp³-hybridized carbons (Fsp3) is 0.222. The Bertz CT molecular complexity index is 765. The Labute approximate surface area is 150 Å². The summed E-state index contributed by atoms with van der Waals surface area (Å²) < 4.78 is 0. The van der Waals surface area contributed by atoms with Crippen molar-refractivity contribution in [3.8, 4) is 0 Å². The average molecular weight is 363 g/mol. The van der Waals surface area contributed by atoms with Crippen molar-refractivity contribution >= 4 is 35.1 Å². The standard InChI is InChI=1S/C18H16Cl2N2O2/c19-14-8-6-13(10-15(14)20)11-22-17(23)16(21-18(22)24)9-7-12-4-2-1-3-5-12/h1-6,8,10,16H,7,9,11H2,(H,21,24). The van der Waals surface area contributed by atoms with Gasteiger partial charge in [0.25, 0.3) is 5.91 Å². The Balaban J connectivity index is 1.64. The topological polar surface area (TPSA) is 49.4 Å². The summed E-state index contributed by atoms with van der Waals surface area (Å²) >= 11 is 11.9. The first kappa shape index (κ1) is 16.8. The van der Waals surface area contributed by atoms with Gasteiger partial charge in [-0.2, -0.15) is 0 Å². The summed E-state index contributed by atoms with van der Waals surface area (Å²) in [7, 11) is 0.